The summed E-state index contributed by atoms with van der Waals surface area (Å²) in [6.45, 7) is 2.01. The van der Waals surface area contributed by atoms with Crippen molar-refractivity contribution in [3.05, 3.63) is 47.7 Å². The third kappa shape index (κ3) is 4.15. The maximum atomic E-state index is 12.2. The molecule has 0 aliphatic heterocycles. The molecule has 136 valence electrons. The van der Waals surface area contributed by atoms with E-state index in [0.29, 0.717) is 5.13 Å². The lowest BCUT2D eigenvalue weighted by molar-refractivity contribution is -0.113. The van der Waals surface area contributed by atoms with E-state index in [1.54, 1.807) is 17.7 Å². The number of aromatic nitrogens is 4. The van der Waals surface area contributed by atoms with Crippen LogP contribution in [0.5, 0.6) is 0 Å². The van der Waals surface area contributed by atoms with Crippen LogP contribution in [0, 0.1) is 0 Å². The second kappa shape index (κ2) is 8.12. The summed E-state index contributed by atoms with van der Waals surface area (Å²) in [6.07, 6.45) is 2.36. The molecule has 0 unspecified atom stereocenters. The molecule has 3 heterocycles. The van der Waals surface area contributed by atoms with E-state index in [4.69, 9.17) is 0 Å². The Hall–Kier alpha value is -2.36. The van der Waals surface area contributed by atoms with Crippen LogP contribution in [-0.2, 0) is 11.2 Å². The molecule has 4 rings (SSSR count). The van der Waals surface area contributed by atoms with Gasteiger partial charge in [-0.1, -0.05) is 60.4 Å². The molecule has 1 N–H and O–H groups in total. The van der Waals surface area contributed by atoms with Crippen LogP contribution in [0.2, 0.25) is 0 Å². The molecular weight excluding hydrogens is 398 g/mol. The Labute approximate surface area is 168 Å². The van der Waals surface area contributed by atoms with Crippen molar-refractivity contribution in [1.82, 2.24) is 20.2 Å². The number of fused-ring (bicyclic) bond motifs is 1. The van der Waals surface area contributed by atoms with E-state index in [2.05, 4.69) is 43.7 Å². The number of nitrogens with one attached hydrogen (secondary N) is 1. The molecule has 4 aromatic rings. The highest BCUT2D eigenvalue weighted by molar-refractivity contribution is 8.00. The molecule has 0 bridgehead atoms. The van der Waals surface area contributed by atoms with Crippen molar-refractivity contribution < 1.29 is 4.79 Å². The number of anilines is 1. The van der Waals surface area contributed by atoms with E-state index in [1.807, 2.05) is 25.1 Å². The highest BCUT2D eigenvalue weighted by Crippen LogP contribution is 2.36. The highest BCUT2D eigenvalue weighted by atomic mass is 32.2. The van der Waals surface area contributed by atoms with Gasteiger partial charge in [0.15, 0.2) is 0 Å². The third-order valence-corrected chi connectivity index (χ3v) is 6.79. The summed E-state index contributed by atoms with van der Waals surface area (Å²) in [5.74, 6) is 0.132. The van der Waals surface area contributed by atoms with Gasteiger partial charge in [0.1, 0.15) is 21.2 Å². The largest absolute Gasteiger partial charge is 0.300 e. The molecule has 9 heteroatoms. The second-order valence-electron chi connectivity index (χ2n) is 5.57. The molecule has 0 aliphatic rings. The maximum Gasteiger partial charge on any atom is 0.236 e. The van der Waals surface area contributed by atoms with Crippen LogP contribution in [-0.4, -0.2) is 31.8 Å². The lowest BCUT2D eigenvalue weighted by Crippen LogP contribution is -2.13. The van der Waals surface area contributed by atoms with Crippen LogP contribution in [0.25, 0.3) is 20.7 Å². The van der Waals surface area contributed by atoms with Crippen molar-refractivity contribution in [3.8, 4) is 10.4 Å². The summed E-state index contributed by atoms with van der Waals surface area (Å²) in [5, 5.41) is 14.0. The monoisotopic (exact) mass is 413 g/mol. The number of rotatable bonds is 6. The summed E-state index contributed by atoms with van der Waals surface area (Å²) in [4.78, 5) is 23.0. The van der Waals surface area contributed by atoms with Gasteiger partial charge in [-0.25, -0.2) is 9.97 Å². The van der Waals surface area contributed by atoms with Gasteiger partial charge in [0.2, 0.25) is 11.0 Å². The SMILES string of the molecule is CCc1nnc(NC(=O)CSc2ncnc3sc(-c4ccccc4)cc23)s1. The van der Waals surface area contributed by atoms with Gasteiger partial charge in [0, 0.05) is 10.3 Å². The number of amides is 1. The molecule has 6 nitrogen and oxygen atoms in total. The molecule has 0 atom stereocenters. The average Bonchev–Trinajstić information content (AvgIpc) is 3.34. The average molecular weight is 414 g/mol. The fourth-order valence-electron chi connectivity index (χ4n) is 2.43. The van der Waals surface area contributed by atoms with Gasteiger partial charge in [0.25, 0.3) is 0 Å². The number of nitrogens with zero attached hydrogens (tertiary/aromatic N) is 4. The summed E-state index contributed by atoms with van der Waals surface area (Å²) in [6, 6.07) is 12.3. The Balaban J connectivity index is 1.48. The van der Waals surface area contributed by atoms with E-state index in [1.165, 1.54) is 23.1 Å². The minimum atomic E-state index is -0.121. The summed E-state index contributed by atoms with van der Waals surface area (Å²) in [7, 11) is 0. The van der Waals surface area contributed by atoms with Crippen LogP contribution < -0.4 is 5.32 Å². The zero-order valence-corrected chi connectivity index (χ0v) is 16.8. The van der Waals surface area contributed by atoms with E-state index in [0.717, 1.165) is 37.1 Å². The zero-order valence-electron chi connectivity index (χ0n) is 14.4. The van der Waals surface area contributed by atoms with Gasteiger partial charge in [0.05, 0.1) is 5.75 Å². The third-order valence-electron chi connectivity index (χ3n) is 3.71. The number of hydrogen-bond donors (Lipinski definition) is 1. The van der Waals surface area contributed by atoms with Crippen LogP contribution >= 0.6 is 34.4 Å². The molecule has 0 fully saturated rings. The van der Waals surface area contributed by atoms with E-state index >= 15 is 0 Å². The normalized spacial score (nSPS) is 11.0. The predicted octanol–water partition coefficient (Wildman–Crippen LogP) is 4.50. The number of aryl methyl sites for hydroxylation is 1. The van der Waals surface area contributed by atoms with Gasteiger partial charge in [-0.3, -0.25) is 10.1 Å². The first-order valence-electron chi connectivity index (χ1n) is 8.28. The maximum absolute atomic E-state index is 12.2. The Morgan fingerprint density at radius 1 is 1.15 bits per heavy atom. The summed E-state index contributed by atoms with van der Waals surface area (Å²) in [5.41, 5.74) is 1.15. The number of carbonyl (C=O) groups excluding carboxylic acids is 1. The van der Waals surface area contributed by atoms with Gasteiger partial charge >= 0.3 is 0 Å². The zero-order chi connectivity index (χ0) is 18.6. The van der Waals surface area contributed by atoms with Gasteiger partial charge in [-0.15, -0.1) is 21.5 Å². The summed E-state index contributed by atoms with van der Waals surface area (Å²) >= 11 is 4.42. The van der Waals surface area contributed by atoms with Crippen molar-refractivity contribution in [1.29, 1.82) is 0 Å². The fourth-order valence-corrected chi connectivity index (χ4v) is 4.97. The van der Waals surface area contributed by atoms with Crippen LogP contribution in [0.4, 0.5) is 5.13 Å². The first-order chi connectivity index (χ1) is 13.2. The Bertz CT molecular complexity index is 1080. The molecule has 0 spiro atoms. The Kier molecular flexibility index (Phi) is 5.42. The van der Waals surface area contributed by atoms with E-state index < -0.39 is 0 Å². The van der Waals surface area contributed by atoms with Gasteiger partial charge < -0.3 is 0 Å². The molecule has 0 radical (unpaired) electrons. The molecule has 1 amide bonds. The second-order valence-corrected chi connectivity index (χ2v) is 8.62. The number of hydrogen-bond acceptors (Lipinski definition) is 8. The minimum absolute atomic E-state index is 0.121. The van der Waals surface area contributed by atoms with Crippen molar-refractivity contribution >= 4 is 55.7 Å². The number of thiophene rings is 1. The predicted molar refractivity (Wildman–Crippen MR) is 111 cm³/mol. The number of benzene rings is 1. The van der Waals surface area contributed by atoms with Crippen molar-refractivity contribution in [3.63, 3.8) is 0 Å². The number of carbonyl (C=O) groups is 1. The molecule has 3 aromatic heterocycles. The molecular formula is C18H15N5OS3. The molecule has 0 saturated heterocycles. The molecule has 27 heavy (non-hydrogen) atoms. The molecule has 1 aromatic carbocycles. The van der Waals surface area contributed by atoms with E-state index in [9.17, 15) is 4.79 Å². The quantitative estimate of drug-likeness (QED) is 0.370. The highest BCUT2D eigenvalue weighted by Gasteiger charge is 2.13. The molecule has 0 aliphatic carbocycles. The Morgan fingerprint density at radius 3 is 2.78 bits per heavy atom. The molecule has 0 saturated carbocycles. The minimum Gasteiger partial charge on any atom is -0.300 e. The standard InChI is InChI=1S/C18H15N5OS3/c1-2-15-22-23-18(27-15)21-14(24)9-25-16-12-8-13(11-6-4-3-5-7-11)26-17(12)20-10-19-16/h3-8,10H,2,9H2,1H3,(H,21,23,24). The van der Waals surface area contributed by atoms with Crippen molar-refractivity contribution in [2.24, 2.45) is 0 Å². The lowest BCUT2D eigenvalue weighted by atomic mass is 10.2. The van der Waals surface area contributed by atoms with Gasteiger partial charge in [-0.05, 0) is 18.1 Å². The van der Waals surface area contributed by atoms with Crippen LogP contribution in [0.15, 0.2) is 47.8 Å². The van der Waals surface area contributed by atoms with Gasteiger partial charge in [-0.2, -0.15) is 0 Å². The van der Waals surface area contributed by atoms with E-state index in [-0.39, 0.29) is 11.7 Å². The smallest absolute Gasteiger partial charge is 0.236 e. The van der Waals surface area contributed by atoms with Crippen molar-refractivity contribution in [2.45, 2.75) is 18.4 Å². The lowest BCUT2D eigenvalue weighted by Gasteiger charge is -2.02. The van der Waals surface area contributed by atoms with Crippen LogP contribution in [0.3, 0.4) is 0 Å². The fraction of sp³-hybridized carbons (Fsp3) is 0.167. The van der Waals surface area contributed by atoms with Crippen LogP contribution in [0.1, 0.15) is 11.9 Å². The first-order valence-corrected chi connectivity index (χ1v) is 10.9. The first kappa shape index (κ1) is 18.0. The summed E-state index contributed by atoms with van der Waals surface area (Å²) < 4.78 is 0. The topological polar surface area (TPSA) is 80.7 Å². The van der Waals surface area contributed by atoms with Crippen molar-refractivity contribution in [2.75, 3.05) is 11.1 Å². The number of thioether (sulfide) groups is 1. The Morgan fingerprint density at radius 2 is 2.00 bits per heavy atom.